The van der Waals surface area contributed by atoms with E-state index in [1.54, 1.807) is 0 Å². The van der Waals surface area contributed by atoms with Crippen LogP contribution >= 0.6 is 0 Å². The smallest absolute Gasteiger partial charge is 0.241 e. The minimum absolute atomic E-state index is 0.0945. The number of ketones is 1. The average Bonchev–Trinajstić information content (AvgIpc) is 2.97. The third-order valence-electron chi connectivity index (χ3n) is 3.90. The molecule has 6 nitrogen and oxygen atoms in total. The molecule has 0 unspecified atom stereocenters. The van der Waals surface area contributed by atoms with Crippen LogP contribution in [0.15, 0.2) is 35.2 Å². The predicted molar refractivity (Wildman–Crippen MR) is 86.5 cm³/mol. The zero-order chi connectivity index (χ0) is 18.2. The Bertz CT molecular complexity index is 1030. The summed E-state index contributed by atoms with van der Waals surface area (Å²) < 4.78 is 45.6. The van der Waals surface area contributed by atoms with Crippen LogP contribution in [-0.2, 0) is 16.4 Å². The second kappa shape index (κ2) is 6.27. The summed E-state index contributed by atoms with van der Waals surface area (Å²) in [5.74, 6) is -0.546. The van der Waals surface area contributed by atoms with E-state index >= 15 is 0 Å². The van der Waals surface area contributed by atoms with Gasteiger partial charge in [0.05, 0.1) is 16.5 Å². The summed E-state index contributed by atoms with van der Waals surface area (Å²) in [6.45, 7) is 0. The molecule has 0 radical (unpaired) electrons. The van der Waals surface area contributed by atoms with Crippen molar-refractivity contribution in [3.8, 4) is 17.6 Å². The Morgan fingerprint density at radius 2 is 2.00 bits per heavy atom. The number of benzene rings is 2. The summed E-state index contributed by atoms with van der Waals surface area (Å²) in [7, 11) is -2.53. The summed E-state index contributed by atoms with van der Waals surface area (Å²) in [5, 5.41) is 8.90. The second-order valence-corrected chi connectivity index (χ2v) is 7.29. The van der Waals surface area contributed by atoms with Crippen molar-refractivity contribution in [1.29, 1.82) is 5.26 Å². The Morgan fingerprint density at radius 3 is 2.68 bits per heavy atom. The molecule has 2 aromatic carbocycles. The van der Waals surface area contributed by atoms with Crippen molar-refractivity contribution in [2.45, 2.75) is 17.7 Å². The number of Topliss-reactive ketones (excluding diaryl/α,β-unsaturated/α-hetero) is 1. The molecule has 3 rings (SSSR count). The quantitative estimate of drug-likeness (QED) is 0.904. The first-order valence-electron chi connectivity index (χ1n) is 7.37. The maximum Gasteiger partial charge on any atom is 0.241 e. The van der Waals surface area contributed by atoms with E-state index < -0.39 is 15.8 Å². The standard InChI is InChI=1S/C17H13FN2O4S/c1-20-25(22,23)16-5-4-15(13-2-3-14(21)17(13)16)24-12-7-10(9-19)6-11(18)8-12/h4-8,20H,2-3H2,1H3. The number of nitriles is 1. The Labute approximate surface area is 143 Å². The number of carbonyl (C=O) groups is 1. The average molecular weight is 360 g/mol. The van der Waals surface area contributed by atoms with E-state index in [2.05, 4.69) is 4.72 Å². The van der Waals surface area contributed by atoms with Crippen LogP contribution in [0.1, 0.15) is 27.9 Å². The number of sulfonamides is 1. The molecule has 0 aliphatic heterocycles. The third kappa shape index (κ3) is 3.12. The van der Waals surface area contributed by atoms with Crippen LogP contribution in [0.2, 0.25) is 0 Å². The molecule has 0 saturated carbocycles. The fourth-order valence-corrected chi connectivity index (χ4v) is 3.74. The van der Waals surface area contributed by atoms with Gasteiger partial charge in [-0.15, -0.1) is 0 Å². The second-order valence-electron chi connectivity index (χ2n) is 5.44. The van der Waals surface area contributed by atoms with E-state index in [0.29, 0.717) is 12.0 Å². The highest BCUT2D eigenvalue weighted by Gasteiger charge is 2.31. The van der Waals surface area contributed by atoms with E-state index in [-0.39, 0.29) is 39.7 Å². The van der Waals surface area contributed by atoms with Gasteiger partial charge in [-0.2, -0.15) is 5.26 Å². The fraction of sp³-hybridized carbons (Fsp3) is 0.176. The topological polar surface area (TPSA) is 96.3 Å². The van der Waals surface area contributed by atoms with Crippen molar-refractivity contribution < 1.29 is 22.3 Å². The lowest BCUT2D eigenvalue weighted by Gasteiger charge is -2.13. The van der Waals surface area contributed by atoms with E-state index in [4.69, 9.17) is 10.00 Å². The highest BCUT2D eigenvalue weighted by atomic mass is 32.2. The molecule has 0 atom stereocenters. The summed E-state index contributed by atoms with van der Waals surface area (Å²) in [6, 6.07) is 8.09. The highest BCUT2D eigenvalue weighted by Crippen LogP contribution is 2.37. The summed E-state index contributed by atoms with van der Waals surface area (Å²) in [6.07, 6.45) is 0.505. The summed E-state index contributed by atoms with van der Waals surface area (Å²) in [5.41, 5.74) is 0.657. The molecule has 0 heterocycles. The van der Waals surface area contributed by atoms with Crippen molar-refractivity contribution in [2.75, 3.05) is 7.05 Å². The first-order chi connectivity index (χ1) is 11.9. The van der Waals surface area contributed by atoms with Crippen molar-refractivity contribution >= 4 is 15.8 Å². The highest BCUT2D eigenvalue weighted by molar-refractivity contribution is 7.89. The molecule has 0 fully saturated rings. The molecular formula is C17H13FN2O4S. The minimum Gasteiger partial charge on any atom is -0.457 e. The summed E-state index contributed by atoms with van der Waals surface area (Å²) >= 11 is 0. The lowest BCUT2D eigenvalue weighted by molar-refractivity contribution is 0.0991. The van der Waals surface area contributed by atoms with Gasteiger partial charge in [0.2, 0.25) is 10.0 Å². The largest absolute Gasteiger partial charge is 0.457 e. The van der Waals surface area contributed by atoms with Crippen molar-refractivity contribution in [1.82, 2.24) is 4.72 Å². The maximum atomic E-state index is 13.5. The Balaban J connectivity index is 2.10. The number of fused-ring (bicyclic) bond motifs is 1. The van der Waals surface area contributed by atoms with Gasteiger partial charge in [-0.05, 0) is 37.7 Å². The monoisotopic (exact) mass is 360 g/mol. The van der Waals surface area contributed by atoms with Gasteiger partial charge < -0.3 is 4.74 Å². The van der Waals surface area contributed by atoms with Gasteiger partial charge >= 0.3 is 0 Å². The number of carbonyl (C=O) groups excluding carboxylic acids is 1. The zero-order valence-corrected chi connectivity index (χ0v) is 14.0. The molecule has 1 N–H and O–H groups in total. The molecule has 1 aliphatic rings. The minimum atomic E-state index is -3.79. The van der Waals surface area contributed by atoms with Crippen molar-refractivity contribution in [3.05, 3.63) is 52.8 Å². The Kier molecular flexibility index (Phi) is 4.29. The number of hydrogen-bond donors (Lipinski definition) is 1. The summed E-state index contributed by atoms with van der Waals surface area (Å²) in [4.78, 5) is 12.1. The predicted octanol–water partition coefficient (Wildman–Crippen LogP) is 2.53. The third-order valence-corrected chi connectivity index (χ3v) is 5.36. The fourth-order valence-electron chi connectivity index (χ4n) is 2.77. The molecule has 0 bridgehead atoms. The lowest BCUT2D eigenvalue weighted by Crippen LogP contribution is -2.21. The number of halogens is 1. The normalized spacial score (nSPS) is 13.4. The molecule has 0 aromatic heterocycles. The molecule has 25 heavy (non-hydrogen) atoms. The van der Waals surface area contributed by atoms with Crippen LogP contribution in [0.3, 0.4) is 0 Å². The first-order valence-corrected chi connectivity index (χ1v) is 8.85. The molecule has 0 spiro atoms. The molecule has 8 heteroatoms. The van der Waals surface area contributed by atoms with E-state index in [1.807, 2.05) is 6.07 Å². The van der Waals surface area contributed by atoms with Gasteiger partial charge in [0.15, 0.2) is 5.78 Å². The van der Waals surface area contributed by atoms with Crippen LogP contribution in [-0.4, -0.2) is 21.2 Å². The van der Waals surface area contributed by atoms with Crippen molar-refractivity contribution in [2.24, 2.45) is 0 Å². The van der Waals surface area contributed by atoms with Gasteiger partial charge in [0.1, 0.15) is 17.3 Å². The van der Waals surface area contributed by atoms with E-state index in [1.165, 1.54) is 25.2 Å². The van der Waals surface area contributed by atoms with Crippen LogP contribution in [0.25, 0.3) is 0 Å². The van der Waals surface area contributed by atoms with Gasteiger partial charge in [-0.25, -0.2) is 17.5 Å². The van der Waals surface area contributed by atoms with Gasteiger partial charge in [-0.3, -0.25) is 4.79 Å². The van der Waals surface area contributed by atoms with Crippen LogP contribution in [0.4, 0.5) is 4.39 Å². The van der Waals surface area contributed by atoms with Gasteiger partial charge in [-0.1, -0.05) is 0 Å². The van der Waals surface area contributed by atoms with E-state index in [0.717, 1.165) is 12.1 Å². The number of rotatable bonds is 4. The molecule has 128 valence electrons. The molecular weight excluding hydrogens is 347 g/mol. The Hall–Kier alpha value is -2.76. The first kappa shape index (κ1) is 17.1. The Morgan fingerprint density at radius 1 is 1.24 bits per heavy atom. The SMILES string of the molecule is CNS(=O)(=O)c1ccc(Oc2cc(F)cc(C#N)c2)c2c1C(=O)CC2. The number of ether oxygens (including phenoxy) is 1. The number of nitrogens with zero attached hydrogens (tertiary/aromatic N) is 1. The molecule has 0 saturated heterocycles. The number of nitrogens with one attached hydrogen (secondary N) is 1. The van der Waals surface area contributed by atoms with Crippen LogP contribution < -0.4 is 9.46 Å². The van der Waals surface area contributed by atoms with Gasteiger partial charge in [0.25, 0.3) is 0 Å². The van der Waals surface area contributed by atoms with Gasteiger partial charge in [0, 0.05) is 23.6 Å². The van der Waals surface area contributed by atoms with Crippen molar-refractivity contribution in [3.63, 3.8) is 0 Å². The van der Waals surface area contributed by atoms with Crippen LogP contribution in [0.5, 0.6) is 11.5 Å². The number of hydrogen-bond acceptors (Lipinski definition) is 5. The molecule has 1 aliphatic carbocycles. The lowest BCUT2D eigenvalue weighted by atomic mass is 10.1. The zero-order valence-electron chi connectivity index (χ0n) is 13.2. The molecule has 2 aromatic rings. The maximum absolute atomic E-state index is 13.5. The molecule has 0 amide bonds. The van der Waals surface area contributed by atoms with Crippen LogP contribution in [0, 0.1) is 17.1 Å². The van der Waals surface area contributed by atoms with E-state index in [9.17, 15) is 17.6 Å².